The van der Waals surface area contributed by atoms with Gasteiger partial charge in [-0.15, -0.1) is 0 Å². The summed E-state index contributed by atoms with van der Waals surface area (Å²) in [6.45, 7) is 0. The maximum Gasteiger partial charge on any atom is 0.356 e. The number of para-hydroxylation sites is 2. The fourth-order valence-corrected chi connectivity index (χ4v) is 4.62. The van der Waals surface area contributed by atoms with Crippen LogP contribution in [-0.2, 0) is 14.6 Å². The van der Waals surface area contributed by atoms with Gasteiger partial charge in [-0.1, -0.05) is 18.6 Å². The highest BCUT2D eigenvalue weighted by Gasteiger charge is 2.35. The molecule has 0 spiro atoms. The van der Waals surface area contributed by atoms with Crippen LogP contribution in [0.2, 0.25) is 0 Å². The molecule has 0 aliphatic carbocycles. The Kier molecular flexibility index (Phi) is 4.58. The third-order valence-corrected chi connectivity index (χ3v) is 6.26. The van der Waals surface area contributed by atoms with Crippen LogP contribution in [0.4, 0.5) is 5.69 Å². The lowest BCUT2D eigenvalue weighted by Crippen LogP contribution is -2.39. The number of anilines is 1. The van der Waals surface area contributed by atoms with Crippen molar-refractivity contribution in [2.24, 2.45) is 0 Å². The molecular formula is C16H17N3O5S. The molecule has 8 nitrogen and oxygen atoms in total. The van der Waals surface area contributed by atoms with E-state index in [1.165, 1.54) is 16.9 Å². The number of nitrogens with zero attached hydrogens (tertiary/aromatic N) is 2. The number of aromatic carboxylic acids is 1. The Balaban J connectivity index is 1.88. The van der Waals surface area contributed by atoms with E-state index in [1.54, 1.807) is 24.3 Å². The van der Waals surface area contributed by atoms with Gasteiger partial charge in [0.25, 0.3) is 0 Å². The van der Waals surface area contributed by atoms with E-state index < -0.39 is 27.0 Å². The molecule has 25 heavy (non-hydrogen) atoms. The summed E-state index contributed by atoms with van der Waals surface area (Å²) in [5.74, 6) is -1.71. The minimum absolute atomic E-state index is 0.0217. The molecule has 2 heterocycles. The number of carbonyl (C=O) groups is 2. The lowest BCUT2D eigenvalue weighted by molar-refractivity contribution is -0.116. The van der Waals surface area contributed by atoms with E-state index in [4.69, 9.17) is 5.11 Å². The van der Waals surface area contributed by atoms with Crippen LogP contribution in [0.5, 0.6) is 0 Å². The molecule has 3 rings (SSSR count). The molecule has 1 aromatic heterocycles. The Labute approximate surface area is 144 Å². The van der Waals surface area contributed by atoms with Crippen molar-refractivity contribution in [1.82, 2.24) is 9.78 Å². The molecule has 0 bridgehead atoms. The number of sulfone groups is 1. The lowest BCUT2D eigenvalue weighted by atomic mass is 10.1. The van der Waals surface area contributed by atoms with Gasteiger partial charge in [-0.05, 0) is 31.0 Å². The second-order valence-electron chi connectivity index (χ2n) is 5.81. The SMILES string of the molecule is O=C(O)c1ccn(-c2ccccc2NC(=O)C2CCCCS2(=O)=O)n1. The molecule has 132 valence electrons. The molecule has 1 saturated heterocycles. The summed E-state index contributed by atoms with van der Waals surface area (Å²) in [4.78, 5) is 23.4. The molecule has 9 heteroatoms. The molecule has 1 atom stereocenters. The molecule has 2 aromatic rings. The molecule has 1 amide bonds. The van der Waals surface area contributed by atoms with Gasteiger partial charge in [0.15, 0.2) is 15.5 Å². The lowest BCUT2D eigenvalue weighted by Gasteiger charge is -2.22. The number of hydrogen-bond donors (Lipinski definition) is 2. The zero-order chi connectivity index (χ0) is 18.0. The highest BCUT2D eigenvalue weighted by molar-refractivity contribution is 7.92. The van der Waals surface area contributed by atoms with Crippen LogP contribution in [0, 0.1) is 0 Å². The standard InChI is InChI=1S/C16H17N3O5S/c20-15(14-7-3-4-10-25(14,23)24)17-11-5-1-2-6-13(11)19-9-8-12(18-19)16(21)22/h1-2,5-6,8-9,14H,3-4,7,10H2,(H,17,20)(H,21,22). The van der Waals surface area contributed by atoms with E-state index in [0.29, 0.717) is 30.6 Å². The number of hydrogen-bond acceptors (Lipinski definition) is 5. The van der Waals surface area contributed by atoms with Gasteiger partial charge in [0, 0.05) is 6.20 Å². The second-order valence-corrected chi connectivity index (χ2v) is 8.11. The Morgan fingerprint density at radius 3 is 2.64 bits per heavy atom. The van der Waals surface area contributed by atoms with E-state index in [2.05, 4.69) is 10.4 Å². The first-order valence-corrected chi connectivity index (χ1v) is 9.51. The summed E-state index contributed by atoms with van der Waals surface area (Å²) in [7, 11) is -3.44. The monoisotopic (exact) mass is 363 g/mol. The summed E-state index contributed by atoms with van der Waals surface area (Å²) in [6.07, 6.45) is 3.04. The molecule has 1 fully saturated rings. The van der Waals surface area contributed by atoms with Gasteiger partial charge in [-0.2, -0.15) is 5.10 Å². The van der Waals surface area contributed by atoms with Crippen LogP contribution < -0.4 is 5.32 Å². The van der Waals surface area contributed by atoms with Crippen molar-refractivity contribution >= 4 is 27.4 Å². The van der Waals surface area contributed by atoms with Crippen molar-refractivity contribution in [1.29, 1.82) is 0 Å². The molecule has 1 aliphatic heterocycles. The summed E-state index contributed by atoms with van der Waals surface area (Å²) >= 11 is 0. The van der Waals surface area contributed by atoms with Crippen LogP contribution in [0.15, 0.2) is 36.5 Å². The number of rotatable bonds is 4. The Morgan fingerprint density at radius 1 is 1.20 bits per heavy atom. The van der Waals surface area contributed by atoms with Crippen molar-refractivity contribution in [3.05, 3.63) is 42.2 Å². The average Bonchev–Trinajstić information content (AvgIpc) is 3.05. The zero-order valence-corrected chi connectivity index (χ0v) is 14.1. The predicted octanol–water partition coefficient (Wildman–Crippen LogP) is 1.48. The molecule has 0 saturated carbocycles. The summed E-state index contributed by atoms with van der Waals surface area (Å²) in [6, 6.07) is 8.02. The quantitative estimate of drug-likeness (QED) is 0.849. The van der Waals surface area contributed by atoms with Gasteiger partial charge in [0.05, 0.1) is 17.1 Å². The maximum absolute atomic E-state index is 12.5. The average molecular weight is 363 g/mol. The van der Waals surface area contributed by atoms with Gasteiger partial charge >= 0.3 is 5.97 Å². The first kappa shape index (κ1) is 17.2. The maximum atomic E-state index is 12.5. The number of aromatic nitrogens is 2. The van der Waals surface area contributed by atoms with E-state index in [-0.39, 0.29) is 11.4 Å². The number of carbonyl (C=O) groups excluding carboxylic acids is 1. The Hall–Kier alpha value is -2.68. The number of nitrogens with one attached hydrogen (secondary N) is 1. The van der Waals surface area contributed by atoms with Gasteiger partial charge in [0.1, 0.15) is 5.25 Å². The first-order chi connectivity index (χ1) is 11.9. The number of carboxylic acid groups (broad SMARTS) is 1. The van der Waals surface area contributed by atoms with Gasteiger partial charge in [0.2, 0.25) is 5.91 Å². The zero-order valence-electron chi connectivity index (χ0n) is 13.3. The highest BCUT2D eigenvalue weighted by Crippen LogP contribution is 2.24. The summed E-state index contributed by atoms with van der Waals surface area (Å²) in [5, 5.41) is 14.5. The minimum atomic E-state index is -3.44. The molecule has 1 unspecified atom stereocenters. The molecule has 0 radical (unpaired) electrons. The van der Waals surface area contributed by atoms with Crippen molar-refractivity contribution in [3.8, 4) is 5.69 Å². The fourth-order valence-electron chi connectivity index (χ4n) is 2.81. The molecule has 1 aromatic carbocycles. The van der Waals surface area contributed by atoms with Crippen molar-refractivity contribution < 1.29 is 23.1 Å². The highest BCUT2D eigenvalue weighted by atomic mass is 32.2. The number of amides is 1. The van der Waals surface area contributed by atoms with E-state index >= 15 is 0 Å². The van der Waals surface area contributed by atoms with E-state index in [1.807, 2.05) is 0 Å². The molecule has 2 N–H and O–H groups in total. The largest absolute Gasteiger partial charge is 0.476 e. The molecule has 1 aliphatic rings. The van der Waals surface area contributed by atoms with Crippen molar-refractivity contribution in [2.75, 3.05) is 11.1 Å². The van der Waals surface area contributed by atoms with Crippen molar-refractivity contribution in [3.63, 3.8) is 0 Å². The van der Waals surface area contributed by atoms with Crippen LogP contribution in [-0.4, -0.2) is 46.2 Å². The third kappa shape index (κ3) is 3.55. The third-order valence-electron chi connectivity index (χ3n) is 4.09. The van der Waals surface area contributed by atoms with Crippen LogP contribution in [0.1, 0.15) is 29.8 Å². The van der Waals surface area contributed by atoms with Gasteiger partial charge in [-0.3, -0.25) is 4.79 Å². The summed E-state index contributed by atoms with van der Waals surface area (Å²) in [5.41, 5.74) is 0.695. The van der Waals surface area contributed by atoms with Crippen LogP contribution in [0.25, 0.3) is 5.69 Å². The normalized spacial score (nSPS) is 19.3. The van der Waals surface area contributed by atoms with Crippen molar-refractivity contribution in [2.45, 2.75) is 24.5 Å². The second kappa shape index (κ2) is 6.67. The van der Waals surface area contributed by atoms with Gasteiger partial charge in [-0.25, -0.2) is 17.9 Å². The molecular weight excluding hydrogens is 346 g/mol. The first-order valence-electron chi connectivity index (χ1n) is 7.79. The van der Waals surface area contributed by atoms with Crippen LogP contribution in [0.3, 0.4) is 0 Å². The summed E-state index contributed by atoms with van der Waals surface area (Å²) < 4.78 is 25.5. The van der Waals surface area contributed by atoms with Gasteiger partial charge < -0.3 is 10.4 Å². The number of benzene rings is 1. The smallest absolute Gasteiger partial charge is 0.356 e. The predicted molar refractivity (Wildman–Crippen MR) is 90.6 cm³/mol. The minimum Gasteiger partial charge on any atom is -0.476 e. The number of carboxylic acids is 1. The fraction of sp³-hybridized carbons (Fsp3) is 0.312. The van der Waals surface area contributed by atoms with Crippen LogP contribution >= 0.6 is 0 Å². The topological polar surface area (TPSA) is 118 Å². The van der Waals surface area contributed by atoms with E-state index in [0.717, 1.165) is 0 Å². The van der Waals surface area contributed by atoms with E-state index in [9.17, 15) is 18.0 Å². The Bertz CT molecular complexity index is 919. The Morgan fingerprint density at radius 2 is 1.96 bits per heavy atom.